The van der Waals surface area contributed by atoms with Gasteiger partial charge in [0.25, 0.3) is 0 Å². The molecule has 0 aromatic heterocycles. The van der Waals surface area contributed by atoms with Crippen LogP contribution < -0.4 is 5.32 Å². The minimum absolute atomic E-state index is 0.158. The van der Waals surface area contributed by atoms with Crippen molar-refractivity contribution in [2.75, 3.05) is 52.9 Å². The topological polar surface area (TPSA) is 44.8 Å². The third-order valence-electron chi connectivity index (χ3n) is 2.75. The van der Waals surface area contributed by atoms with Gasteiger partial charge in [0.05, 0.1) is 12.7 Å². The summed E-state index contributed by atoms with van der Waals surface area (Å²) in [6.45, 7) is 19.1. The van der Waals surface area contributed by atoms with Crippen LogP contribution in [0.1, 0.15) is 41.5 Å². The summed E-state index contributed by atoms with van der Waals surface area (Å²) in [4.78, 5) is 14.5. The molecule has 0 saturated carbocycles. The van der Waals surface area contributed by atoms with Crippen LogP contribution in [0.4, 0.5) is 0 Å². The van der Waals surface area contributed by atoms with Crippen molar-refractivity contribution in [1.29, 1.82) is 0 Å². The van der Waals surface area contributed by atoms with E-state index < -0.39 is 0 Å². The van der Waals surface area contributed by atoms with Gasteiger partial charge in [0.15, 0.2) is 0 Å². The minimum atomic E-state index is 0.158. The van der Waals surface area contributed by atoms with Gasteiger partial charge in [0.1, 0.15) is 0 Å². The number of carbonyl (C=O) groups excluding carboxylic acids is 1. The molecular weight excluding hydrogens is 278 g/mol. The van der Waals surface area contributed by atoms with Gasteiger partial charge in [-0.15, -0.1) is 0 Å². The Labute approximate surface area is 138 Å². The van der Waals surface area contributed by atoms with Crippen LogP contribution in [0.25, 0.3) is 0 Å². The summed E-state index contributed by atoms with van der Waals surface area (Å²) in [6, 6.07) is 0. The molecule has 0 aromatic carbocycles. The van der Waals surface area contributed by atoms with Crippen molar-refractivity contribution < 1.29 is 9.53 Å². The zero-order chi connectivity index (χ0) is 17.4. The molecule has 1 unspecified atom stereocenters. The van der Waals surface area contributed by atoms with E-state index in [1.54, 1.807) is 11.9 Å². The first-order valence-electron chi connectivity index (χ1n) is 8.69. The van der Waals surface area contributed by atoms with Crippen molar-refractivity contribution in [2.24, 2.45) is 5.92 Å². The van der Waals surface area contributed by atoms with Crippen LogP contribution in [-0.4, -0.2) is 75.2 Å². The van der Waals surface area contributed by atoms with Crippen LogP contribution in [0, 0.1) is 5.92 Å². The van der Waals surface area contributed by atoms with E-state index in [0.29, 0.717) is 6.54 Å². The zero-order valence-corrected chi connectivity index (χ0v) is 15.9. The lowest BCUT2D eigenvalue weighted by Gasteiger charge is -2.34. The average Bonchev–Trinajstić information content (AvgIpc) is 2.49. The number of hydrogen-bond acceptors (Lipinski definition) is 4. The largest absolute Gasteiger partial charge is 0.374 e. The molecule has 1 atom stereocenters. The third kappa shape index (κ3) is 15.7. The lowest BCUT2D eigenvalue weighted by Crippen LogP contribution is -2.48. The highest BCUT2D eigenvalue weighted by Crippen LogP contribution is 2.05. The summed E-state index contributed by atoms with van der Waals surface area (Å²) in [6.07, 6.45) is 1.01. The number of ether oxygens (including phenoxy) is 1. The van der Waals surface area contributed by atoms with Crippen LogP contribution in [0.15, 0.2) is 0 Å². The second kappa shape index (κ2) is 16.7. The first kappa shape index (κ1) is 23.6. The predicted molar refractivity (Wildman–Crippen MR) is 95.3 cm³/mol. The fourth-order valence-electron chi connectivity index (χ4n) is 1.87. The van der Waals surface area contributed by atoms with Gasteiger partial charge in [-0.3, -0.25) is 9.69 Å². The van der Waals surface area contributed by atoms with Crippen LogP contribution >= 0.6 is 0 Å². The quantitative estimate of drug-likeness (QED) is 0.577. The average molecular weight is 318 g/mol. The predicted octanol–water partition coefficient (Wildman–Crippen LogP) is 2.07. The molecule has 5 heteroatoms. The van der Waals surface area contributed by atoms with Gasteiger partial charge in [0.2, 0.25) is 6.41 Å². The lowest BCUT2D eigenvalue weighted by molar-refractivity contribution is -0.120. The van der Waals surface area contributed by atoms with E-state index in [0.717, 1.165) is 51.7 Å². The van der Waals surface area contributed by atoms with Gasteiger partial charge in [0, 0.05) is 39.8 Å². The van der Waals surface area contributed by atoms with Crippen LogP contribution in [0.5, 0.6) is 0 Å². The first-order chi connectivity index (χ1) is 10.5. The lowest BCUT2D eigenvalue weighted by atomic mass is 10.2. The summed E-state index contributed by atoms with van der Waals surface area (Å²) in [5, 5.41) is 3.31. The number of likely N-dealkylation sites (N-methyl/N-ethyl adjacent to an activating group) is 2. The van der Waals surface area contributed by atoms with Crippen molar-refractivity contribution >= 4 is 6.41 Å². The Morgan fingerprint density at radius 1 is 1.36 bits per heavy atom. The summed E-state index contributed by atoms with van der Waals surface area (Å²) in [5.41, 5.74) is 0. The maximum absolute atomic E-state index is 10.5. The van der Waals surface area contributed by atoms with E-state index in [-0.39, 0.29) is 6.10 Å². The molecule has 1 aliphatic rings. The van der Waals surface area contributed by atoms with Crippen molar-refractivity contribution in [3.63, 3.8) is 0 Å². The summed E-state index contributed by atoms with van der Waals surface area (Å²) < 4.78 is 5.62. The molecule has 1 aliphatic heterocycles. The Hall–Kier alpha value is -0.650. The van der Waals surface area contributed by atoms with E-state index >= 15 is 0 Å². The number of amides is 1. The standard InChI is InChI=1S/C11H23N3O2.C4H10.C2H6/c1-3-12-4-5-14-6-7-16-11(9-14)8-13(2)10-15;1-4(2)3;1-2/h10-12H,3-9H2,1-2H3;4H,1-3H3;1-2H3. The molecule has 1 rings (SSSR count). The number of rotatable bonds is 7. The number of carbonyl (C=O) groups is 1. The Kier molecular flexibility index (Phi) is 17.9. The number of nitrogens with zero attached hydrogens (tertiary/aromatic N) is 2. The van der Waals surface area contributed by atoms with Gasteiger partial charge >= 0.3 is 0 Å². The van der Waals surface area contributed by atoms with Gasteiger partial charge in [-0.05, 0) is 12.5 Å². The van der Waals surface area contributed by atoms with Crippen LogP contribution in [0.3, 0.4) is 0 Å². The fraction of sp³-hybridized carbons (Fsp3) is 0.941. The van der Waals surface area contributed by atoms with Gasteiger partial charge in [-0.2, -0.15) is 0 Å². The number of nitrogens with one attached hydrogen (secondary N) is 1. The van der Waals surface area contributed by atoms with E-state index in [1.165, 1.54) is 0 Å². The molecule has 1 saturated heterocycles. The molecular formula is C17H39N3O2. The van der Waals surface area contributed by atoms with E-state index in [2.05, 4.69) is 37.9 Å². The molecule has 134 valence electrons. The maximum atomic E-state index is 10.5. The smallest absolute Gasteiger partial charge is 0.209 e. The van der Waals surface area contributed by atoms with Gasteiger partial charge in [-0.25, -0.2) is 0 Å². The molecule has 1 heterocycles. The Balaban J connectivity index is 0. The molecule has 0 aromatic rings. The molecule has 1 amide bonds. The van der Waals surface area contributed by atoms with Crippen molar-refractivity contribution in [3.05, 3.63) is 0 Å². The molecule has 1 fully saturated rings. The molecule has 0 spiro atoms. The zero-order valence-electron chi connectivity index (χ0n) is 15.9. The van der Waals surface area contributed by atoms with Crippen molar-refractivity contribution in [2.45, 2.75) is 47.6 Å². The highest BCUT2D eigenvalue weighted by molar-refractivity contribution is 5.46. The van der Waals surface area contributed by atoms with Crippen LogP contribution in [-0.2, 0) is 9.53 Å². The molecule has 22 heavy (non-hydrogen) atoms. The van der Waals surface area contributed by atoms with E-state index in [1.807, 2.05) is 13.8 Å². The van der Waals surface area contributed by atoms with E-state index in [4.69, 9.17) is 4.74 Å². The maximum Gasteiger partial charge on any atom is 0.209 e. The van der Waals surface area contributed by atoms with Gasteiger partial charge < -0.3 is 15.0 Å². The molecule has 0 bridgehead atoms. The molecule has 5 nitrogen and oxygen atoms in total. The second-order valence-corrected chi connectivity index (χ2v) is 5.92. The minimum Gasteiger partial charge on any atom is -0.374 e. The third-order valence-corrected chi connectivity index (χ3v) is 2.75. The highest BCUT2D eigenvalue weighted by Gasteiger charge is 2.20. The number of hydrogen-bond donors (Lipinski definition) is 1. The monoisotopic (exact) mass is 317 g/mol. The van der Waals surface area contributed by atoms with E-state index in [9.17, 15) is 4.79 Å². The fourth-order valence-corrected chi connectivity index (χ4v) is 1.87. The number of morpholine rings is 1. The highest BCUT2D eigenvalue weighted by atomic mass is 16.5. The SMILES string of the molecule is CC.CC(C)C.CCNCCN1CCOC(CN(C)C=O)C1. The Bertz CT molecular complexity index is 235. The van der Waals surface area contributed by atoms with Crippen LogP contribution in [0.2, 0.25) is 0 Å². The molecule has 1 N–H and O–H groups in total. The normalized spacial score (nSPS) is 17.9. The second-order valence-electron chi connectivity index (χ2n) is 5.92. The Morgan fingerprint density at radius 2 is 1.95 bits per heavy atom. The molecule has 0 aliphatic carbocycles. The first-order valence-corrected chi connectivity index (χ1v) is 8.69. The Morgan fingerprint density at radius 3 is 2.45 bits per heavy atom. The van der Waals surface area contributed by atoms with Crippen molar-refractivity contribution in [3.8, 4) is 0 Å². The summed E-state index contributed by atoms with van der Waals surface area (Å²) in [7, 11) is 1.79. The van der Waals surface area contributed by atoms with Crippen molar-refractivity contribution in [1.82, 2.24) is 15.1 Å². The van der Waals surface area contributed by atoms with Gasteiger partial charge in [-0.1, -0.05) is 41.5 Å². The molecule has 0 radical (unpaired) electrons. The summed E-state index contributed by atoms with van der Waals surface area (Å²) in [5.74, 6) is 0.833. The summed E-state index contributed by atoms with van der Waals surface area (Å²) >= 11 is 0.